The molecule has 1 unspecified atom stereocenters. The highest BCUT2D eigenvalue weighted by Gasteiger charge is 2.31. The third-order valence-electron chi connectivity index (χ3n) is 5.88. The Morgan fingerprint density at radius 3 is 2.34 bits per heavy atom. The van der Waals surface area contributed by atoms with Gasteiger partial charge in [-0.2, -0.15) is 0 Å². The molecular formula is C27H35ClO4. The second-order valence-corrected chi connectivity index (χ2v) is 9.72. The number of hydrogen-bond donors (Lipinski definition) is 0. The van der Waals surface area contributed by atoms with Gasteiger partial charge in [0.1, 0.15) is 5.75 Å². The molecule has 4 nitrogen and oxygen atoms in total. The molecular weight excluding hydrogens is 424 g/mol. The molecule has 0 saturated heterocycles. The van der Waals surface area contributed by atoms with E-state index in [-0.39, 0.29) is 17.3 Å². The molecule has 0 saturated carbocycles. The number of benzene rings is 2. The van der Waals surface area contributed by atoms with E-state index in [1.54, 1.807) is 31.2 Å². The molecule has 0 heterocycles. The van der Waals surface area contributed by atoms with Crippen molar-refractivity contribution in [1.29, 1.82) is 0 Å². The van der Waals surface area contributed by atoms with Gasteiger partial charge in [-0.3, -0.25) is 4.79 Å². The van der Waals surface area contributed by atoms with E-state index < -0.39 is 11.9 Å². The van der Waals surface area contributed by atoms with Gasteiger partial charge in [-0.05, 0) is 67.3 Å². The maximum absolute atomic E-state index is 13.0. The van der Waals surface area contributed by atoms with Gasteiger partial charge < -0.3 is 9.47 Å². The second-order valence-electron chi connectivity index (χ2n) is 9.28. The van der Waals surface area contributed by atoms with Crippen molar-refractivity contribution >= 4 is 23.5 Å². The largest absolute Gasteiger partial charge is 0.466 e. The van der Waals surface area contributed by atoms with Gasteiger partial charge in [-0.1, -0.05) is 64.4 Å². The SMILES string of the molecule is CCOC(=O)C(CC(C)C)c1cc(C(C)(C)CC)cc(C)c1OC(=O)c1cccc(Cl)c1. The first-order valence-corrected chi connectivity index (χ1v) is 11.7. The smallest absolute Gasteiger partial charge is 0.343 e. The van der Waals surface area contributed by atoms with E-state index in [0.717, 1.165) is 17.5 Å². The average molecular weight is 459 g/mol. The van der Waals surface area contributed by atoms with Crippen LogP contribution in [0.25, 0.3) is 0 Å². The molecule has 2 aromatic carbocycles. The standard InChI is InChI=1S/C27H35ClO4/c1-8-27(6,7)20-14-18(5)24(32-25(29)19-11-10-12-21(28)15-19)22(16-20)23(13-17(3)4)26(30)31-9-2/h10-12,14-17,23H,8-9,13H2,1-7H3. The molecule has 0 N–H and O–H groups in total. The predicted octanol–water partition coefficient (Wildman–Crippen LogP) is 7.25. The summed E-state index contributed by atoms with van der Waals surface area (Å²) in [7, 11) is 0. The van der Waals surface area contributed by atoms with E-state index in [1.165, 1.54) is 0 Å². The van der Waals surface area contributed by atoms with Crippen LogP contribution in [0.5, 0.6) is 5.75 Å². The Morgan fingerprint density at radius 2 is 1.78 bits per heavy atom. The normalized spacial score (nSPS) is 12.5. The number of esters is 2. The van der Waals surface area contributed by atoms with Crippen LogP contribution < -0.4 is 4.74 Å². The zero-order chi connectivity index (χ0) is 24.1. The van der Waals surface area contributed by atoms with Crippen molar-refractivity contribution < 1.29 is 19.1 Å². The molecule has 0 aliphatic carbocycles. The van der Waals surface area contributed by atoms with Gasteiger partial charge in [0.2, 0.25) is 0 Å². The molecule has 0 aliphatic heterocycles. The van der Waals surface area contributed by atoms with Gasteiger partial charge >= 0.3 is 11.9 Å². The van der Waals surface area contributed by atoms with Crippen molar-refractivity contribution in [1.82, 2.24) is 0 Å². The molecule has 32 heavy (non-hydrogen) atoms. The zero-order valence-electron chi connectivity index (χ0n) is 20.3. The van der Waals surface area contributed by atoms with Gasteiger partial charge in [0, 0.05) is 10.6 Å². The van der Waals surface area contributed by atoms with Gasteiger partial charge in [0.25, 0.3) is 0 Å². The van der Waals surface area contributed by atoms with Crippen LogP contribution in [-0.2, 0) is 14.9 Å². The maximum atomic E-state index is 13.0. The van der Waals surface area contributed by atoms with Gasteiger partial charge in [-0.25, -0.2) is 4.79 Å². The Balaban J connectivity index is 2.65. The molecule has 5 heteroatoms. The van der Waals surface area contributed by atoms with Gasteiger partial charge in [0.15, 0.2) is 0 Å². The molecule has 0 fully saturated rings. The number of hydrogen-bond acceptors (Lipinski definition) is 4. The highest BCUT2D eigenvalue weighted by molar-refractivity contribution is 6.30. The Labute approximate surface area is 197 Å². The molecule has 0 aliphatic rings. The summed E-state index contributed by atoms with van der Waals surface area (Å²) in [5.74, 6) is -0.657. The molecule has 0 radical (unpaired) electrons. The van der Waals surface area contributed by atoms with Crippen LogP contribution in [-0.4, -0.2) is 18.5 Å². The fraction of sp³-hybridized carbons (Fsp3) is 0.481. The molecule has 2 aromatic rings. The Bertz CT molecular complexity index is 962. The van der Waals surface area contributed by atoms with Crippen molar-refractivity contribution in [2.45, 2.75) is 72.6 Å². The summed E-state index contributed by atoms with van der Waals surface area (Å²) < 4.78 is 11.3. The lowest BCUT2D eigenvalue weighted by Gasteiger charge is -2.28. The van der Waals surface area contributed by atoms with Crippen molar-refractivity contribution in [3.8, 4) is 5.75 Å². The van der Waals surface area contributed by atoms with Gasteiger partial charge in [0.05, 0.1) is 18.1 Å². The summed E-state index contributed by atoms with van der Waals surface area (Å²) >= 11 is 6.06. The summed E-state index contributed by atoms with van der Waals surface area (Å²) in [6.45, 7) is 14.6. The Hall–Kier alpha value is -2.33. The van der Waals surface area contributed by atoms with Crippen LogP contribution in [0, 0.1) is 12.8 Å². The minimum Gasteiger partial charge on any atom is -0.466 e. The summed E-state index contributed by atoms with van der Waals surface area (Å²) in [5.41, 5.74) is 2.88. The fourth-order valence-electron chi connectivity index (χ4n) is 3.63. The number of aryl methyl sites for hydroxylation is 1. The molecule has 0 bridgehead atoms. The second kappa shape index (κ2) is 11.0. The first-order valence-electron chi connectivity index (χ1n) is 11.3. The highest BCUT2D eigenvalue weighted by atomic mass is 35.5. The highest BCUT2D eigenvalue weighted by Crippen LogP contribution is 2.40. The van der Waals surface area contributed by atoms with Crippen molar-refractivity contribution in [3.05, 3.63) is 63.7 Å². The van der Waals surface area contributed by atoms with E-state index in [2.05, 4.69) is 34.6 Å². The van der Waals surface area contributed by atoms with E-state index in [0.29, 0.717) is 34.9 Å². The third-order valence-corrected chi connectivity index (χ3v) is 6.11. The van der Waals surface area contributed by atoms with Crippen molar-refractivity contribution in [2.24, 2.45) is 5.92 Å². The summed E-state index contributed by atoms with van der Waals surface area (Å²) in [6, 6.07) is 10.7. The Kier molecular flexibility index (Phi) is 8.91. The number of rotatable bonds is 9. The summed E-state index contributed by atoms with van der Waals surface area (Å²) in [5, 5.41) is 0.459. The number of carbonyl (C=O) groups is 2. The number of carbonyl (C=O) groups excluding carboxylic acids is 2. The van der Waals surface area contributed by atoms with Gasteiger partial charge in [-0.15, -0.1) is 0 Å². The molecule has 0 amide bonds. The topological polar surface area (TPSA) is 52.6 Å². The van der Waals surface area contributed by atoms with Crippen LogP contribution >= 0.6 is 11.6 Å². The molecule has 0 spiro atoms. The van der Waals surface area contributed by atoms with Crippen LogP contribution in [0.15, 0.2) is 36.4 Å². The van der Waals surface area contributed by atoms with Crippen LogP contribution in [0.2, 0.25) is 5.02 Å². The van der Waals surface area contributed by atoms with Crippen molar-refractivity contribution in [3.63, 3.8) is 0 Å². The Morgan fingerprint density at radius 1 is 1.09 bits per heavy atom. The minimum absolute atomic E-state index is 0.0912. The molecule has 1 atom stereocenters. The zero-order valence-corrected chi connectivity index (χ0v) is 21.0. The van der Waals surface area contributed by atoms with Crippen LogP contribution in [0.1, 0.15) is 87.4 Å². The fourth-order valence-corrected chi connectivity index (χ4v) is 3.82. The van der Waals surface area contributed by atoms with E-state index in [9.17, 15) is 9.59 Å². The van der Waals surface area contributed by atoms with E-state index in [4.69, 9.17) is 21.1 Å². The van der Waals surface area contributed by atoms with Crippen LogP contribution in [0.3, 0.4) is 0 Å². The number of halogens is 1. The third kappa shape index (κ3) is 6.35. The molecule has 174 valence electrons. The maximum Gasteiger partial charge on any atom is 0.343 e. The van der Waals surface area contributed by atoms with E-state index >= 15 is 0 Å². The average Bonchev–Trinajstić information content (AvgIpc) is 2.73. The number of ether oxygens (including phenoxy) is 2. The predicted molar refractivity (Wildman–Crippen MR) is 130 cm³/mol. The first-order chi connectivity index (χ1) is 15.0. The summed E-state index contributed by atoms with van der Waals surface area (Å²) in [6.07, 6.45) is 1.53. The minimum atomic E-state index is -0.525. The quantitative estimate of drug-likeness (QED) is 0.293. The lowest BCUT2D eigenvalue weighted by Crippen LogP contribution is -2.22. The molecule has 0 aromatic heterocycles. The van der Waals surface area contributed by atoms with E-state index in [1.807, 2.05) is 19.1 Å². The first kappa shape index (κ1) is 25.9. The molecule has 2 rings (SSSR count). The van der Waals surface area contributed by atoms with Crippen LogP contribution in [0.4, 0.5) is 0 Å². The lowest BCUT2D eigenvalue weighted by atomic mass is 9.78. The van der Waals surface area contributed by atoms with Crippen molar-refractivity contribution in [2.75, 3.05) is 6.61 Å². The lowest BCUT2D eigenvalue weighted by molar-refractivity contribution is -0.145. The monoisotopic (exact) mass is 458 g/mol. The summed E-state index contributed by atoms with van der Waals surface area (Å²) in [4.78, 5) is 25.9.